The van der Waals surface area contributed by atoms with Crippen molar-refractivity contribution in [3.63, 3.8) is 0 Å². The highest BCUT2D eigenvalue weighted by Crippen LogP contribution is 2.50. The summed E-state index contributed by atoms with van der Waals surface area (Å²) in [5, 5.41) is 0. The number of benzene rings is 5. The maximum atomic E-state index is 14.2. The molecule has 1 saturated heterocycles. The topological polar surface area (TPSA) is 98.8 Å². The zero-order chi connectivity index (χ0) is 33.7. The van der Waals surface area contributed by atoms with Gasteiger partial charge in [-0.25, -0.2) is 9.36 Å². The van der Waals surface area contributed by atoms with Crippen molar-refractivity contribution < 1.29 is 41.9 Å². The molecule has 0 unspecified atom stereocenters. The fourth-order valence-electron chi connectivity index (χ4n) is 5.23. The SMILES string of the molecule is O=C1O[C@H](COP(=O)(Oc2ccccc2)Oc2ccccc2)[C@@H](OCc2ccccc2)[C@@H](OCc2ccccc2)[C@@H]1OCc1ccccc1. The predicted molar refractivity (Wildman–Crippen MR) is 183 cm³/mol. The van der Waals surface area contributed by atoms with Gasteiger partial charge in [0.15, 0.2) is 12.2 Å². The number of cyclic esters (lactones) is 1. The summed E-state index contributed by atoms with van der Waals surface area (Å²) in [5.74, 6) is -0.111. The lowest BCUT2D eigenvalue weighted by Gasteiger charge is -2.41. The predicted octanol–water partition coefficient (Wildman–Crippen LogP) is 7.95. The molecule has 0 N–H and O–H groups in total. The number of hydrogen-bond donors (Lipinski definition) is 0. The van der Waals surface area contributed by atoms with Crippen molar-refractivity contribution in [3.05, 3.63) is 168 Å². The second-order valence-corrected chi connectivity index (χ2v) is 12.8. The van der Waals surface area contributed by atoms with E-state index in [0.717, 1.165) is 16.7 Å². The summed E-state index contributed by atoms with van der Waals surface area (Å²) in [4.78, 5) is 13.7. The van der Waals surface area contributed by atoms with Crippen LogP contribution in [0.1, 0.15) is 16.7 Å². The molecule has 5 aromatic carbocycles. The molecular weight excluding hydrogens is 643 g/mol. The number of esters is 1. The first-order valence-electron chi connectivity index (χ1n) is 16.0. The van der Waals surface area contributed by atoms with E-state index >= 15 is 0 Å². The van der Waals surface area contributed by atoms with E-state index in [1.54, 1.807) is 60.7 Å². The summed E-state index contributed by atoms with van der Waals surface area (Å²) in [6.07, 6.45) is -4.02. The van der Waals surface area contributed by atoms with Crippen molar-refractivity contribution in [1.82, 2.24) is 0 Å². The molecule has 0 bridgehead atoms. The number of hydrogen-bond acceptors (Lipinski definition) is 9. The third kappa shape index (κ3) is 9.89. The van der Waals surface area contributed by atoms with Gasteiger partial charge in [0, 0.05) is 0 Å². The largest absolute Gasteiger partial charge is 0.587 e. The molecule has 4 atom stereocenters. The van der Waals surface area contributed by atoms with Crippen molar-refractivity contribution in [2.24, 2.45) is 0 Å². The molecule has 1 fully saturated rings. The van der Waals surface area contributed by atoms with Crippen molar-refractivity contribution in [3.8, 4) is 11.5 Å². The quantitative estimate of drug-likeness (QED) is 0.0760. The van der Waals surface area contributed by atoms with Crippen LogP contribution < -0.4 is 9.05 Å². The first-order chi connectivity index (χ1) is 24.0. The minimum Gasteiger partial charge on any atom is -0.455 e. The van der Waals surface area contributed by atoms with Crippen LogP contribution in [0.3, 0.4) is 0 Å². The average Bonchev–Trinajstić information content (AvgIpc) is 3.14. The maximum Gasteiger partial charge on any atom is 0.587 e. The van der Waals surface area contributed by atoms with Crippen LogP contribution in [-0.2, 0) is 52.7 Å². The van der Waals surface area contributed by atoms with Crippen LogP contribution in [0.25, 0.3) is 0 Å². The summed E-state index contributed by atoms with van der Waals surface area (Å²) in [6.45, 7) is 0.104. The Hall–Kier alpha value is -4.76. The molecule has 0 aliphatic carbocycles. The summed E-state index contributed by atoms with van der Waals surface area (Å²) in [7, 11) is -4.32. The monoisotopic (exact) mass is 680 g/mol. The molecule has 49 heavy (non-hydrogen) atoms. The molecule has 0 aromatic heterocycles. The molecule has 0 spiro atoms. The van der Waals surface area contributed by atoms with Gasteiger partial charge in [0.1, 0.15) is 30.3 Å². The Morgan fingerprint density at radius 3 is 1.35 bits per heavy atom. The van der Waals surface area contributed by atoms with Gasteiger partial charge in [-0.05, 0) is 41.0 Å². The first-order valence-corrected chi connectivity index (χ1v) is 17.4. The van der Waals surface area contributed by atoms with E-state index < -0.39 is 44.8 Å². The molecule has 0 saturated carbocycles. The fraction of sp³-hybridized carbons (Fsp3) is 0.205. The molecule has 0 amide bonds. The number of phosphoric acid groups is 1. The van der Waals surface area contributed by atoms with Crippen LogP contribution in [0.4, 0.5) is 0 Å². The number of phosphoric ester groups is 1. The second kappa shape index (κ2) is 17.1. The summed E-state index contributed by atoms with van der Waals surface area (Å²) >= 11 is 0. The lowest BCUT2D eigenvalue weighted by Crippen LogP contribution is -2.59. The van der Waals surface area contributed by atoms with Crippen molar-refractivity contribution in [2.75, 3.05) is 6.61 Å². The number of para-hydroxylation sites is 2. The average molecular weight is 681 g/mol. The van der Waals surface area contributed by atoms with E-state index in [4.69, 9.17) is 32.5 Å². The number of rotatable bonds is 16. The van der Waals surface area contributed by atoms with Gasteiger partial charge >= 0.3 is 13.8 Å². The Kier molecular flexibility index (Phi) is 11.9. The second-order valence-electron chi connectivity index (χ2n) is 11.3. The summed E-state index contributed by atoms with van der Waals surface area (Å²) < 4.78 is 56.8. The minimum absolute atomic E-state index is 0.142. The van der Waals surface area contributed by atoms with Gasteiger partial charge in [0.25, 0.3) is 0 Å². The Morgan fingerprint density at radius 2 is 0.898 bits per heavy atom. The van der Waals surface area contributed by atoms with Crippen LogP contribution in [-0.4, -0.2) is 37.0 Å². The minimum atomic E-state index is -4.32. The van der Waals surface area contributed by atoms with Crippen LogP contribution in [0.15, 0.2) is 152 Å². The standard InChI is InChI=1S/C39H37O9P/c40-39-38(44-28-32-20-10-3-11-21-32)37(43-27-31-18-8-2-9-19-31)36(42-26-30-16-6-1-7-17-30)35(46-39)29-45-49(41,47-33-22-12-4-13-23-33)48-34-24-14-5-15-25-34/h1-25,35-38H,26-29H2/t35-,36-,37-,38+/m1/s1. The summed E-state index contributed by atoms with van der Waals surface area (Å²) in [6, 6.07) is 45.8. The molecule has 0 radical (unpaired) electrons. The van der Waals surface area contributed by atoms with Crippen molar-refractivity contribution in [2.45, 2.75) is 44.2 Å². The van der Waals surface area contributed by atoms with E-state index in [9.17, 15) is 9.36 Å². The molecule has 1 aliphatic rings. The third-order valence-corrected chi connectivity index (χ3v) is 8.98. The molecule has 5 aromatic rings. The zero-order valence-corrected chi connectivity index (χ0v) is 27.6. The van der Waals surface area contributed by atoms with E-state index in [1.807, 2.05) is 91.0 Å². The van der Waals surface area contributed by atoms with Gasteiger partial charge in [0.2, 0.25) is 0 Å². The van der Waals surface area contributed by atoms with Crippen LogP contribution in [0, 0.1) is 0 Å². The highest BCUT2D eigenvalue weighted by atomic mass is 31.2. The van der Waals surface area contributed by atoms with E-state index in [0.29, 0.717) is 0 Å². The Balaban J connectivity index is 1.28. The van der Waals surface area contributed by atoms with Gasteiger partial charge < -0.3 is 28.0 Å². The molecule has 9 nitrogen and oxygen atoms in total. The van der Waals surface area contributed by atoms with Crippen molar-refractivity contribution >= 4 is 13.8 Å². The van der Waals surface area contributed by atoms with E-state index in [2.05, 4.69) is 0 Å². The molecule has 1 aliphatic heterocycles. The molecule has 10 heteroatoms. The Bertz CT molecular complexity index is 1710. The molecular formula is C39H37O9P. The van der Waals surface area contributed by atoms with Gasteiger partial charge in [-0.1, -0.05) is 127 Å². The van der Waals surface area contributed by atoms with E-state index in [-0.39, 0.29) is 31.3 Å². The van der Waals surface area contributed by atoms with Crippen LogP contribution >= 0.6 is 7.82 Å². The molecule has 252 valence electrons. The van der Waals surface area contributed by atoms with Gasteiger partial charge in [-0.3, -0.25) is 4.52 Å². The first kappa shape index (κ1) is 34.1. The lowest BCUT2D eigenvalue weighted by atomic mass is 9.98. The molecule has 1 heterocycles. The number of ether oxygens (including phenoxy) is 4. The number of carbonyl (C=O) groups is 1. The lowest BCUT2D eigenvalue weighted by molar-refractivity contribution is -0.236. The Morgan fingerprint density at radius 1 is 0.510 bits per heavy atom. The fourth-order valence-corrected chi connectivity index (χ4v) is 6.46. The smallest absolute Gasteiger partial charge is 0.455 e. The maximum absolute atomic E-state index is 14.2. The number of carbonyl (C=O) groups excluding carboxylic acids is 1. The summed E-state index contributed by atoms with van der Waals surface area (Å²) in [5.41, 5.74) is 2.67. The van der Waals surface area contributed by atoms with Crippen LogP contribution in [0.5, 0.6) is 11.5 Å². The highest BCUT2D eigenvalue weighted by Gasteiger charge is 2.50. The van der Waals surface area contributed by atoms with Gasteiger partial charge in [-0.15, -0.1) is 0 Å². The van der Waals surface area contributed by atoms with Crippen LogP contribution in [0.2, 0.25) is 0 Å². The normalized spacial score (nSPS) is 19.1. The Labute approximate surface area is 285 Å². The van der Waals surface area contributed by atoms with E-state index in [1.165, 1.54) is 0 Å². The van der Waals surface area contributed by atoms with Gasteiger partial charge in [0.05, 0.1) is 19.8 Å². The highest BCUT2D eigenvalue weighted by molar-refractivity contribution is 7.49. The van der Waals surface area contributed by atoms with Crippen molar-refractivity contribution in [1.29, 1.82) is 0 Å². The molecule has 6 rings (SSSR count). The van der Waals surface area contributed by atoms with Gasteiger partial charge in [-0.2, -0.15) is 0 Å². The zero-order valence-electron chi connectivity index (χ0n) is 26.7. The third-order valence-electron chi connectivity index (χ3n) is 7.65.